The van der Waals surface area contributed by atoms with Crippen LogP contribution in [0.5, 0.6) is 5.75 Å². The quantitative estimate of drug-likeness (QED) is 0.777. The first-order valence-corrected chi connectivity index (χ1v) is 7.24. The van der Waals surface area contributed by atoms with Gasteiger partial charge in [-0.2, -0.15) is 0 Å². The number of rotatable bonds is 5. The summed E-state index contributed by atoms with van der Waals surface area (Å²) in [7, 11) is 1.40. The molecule has 1 aliphatic rings. The monoisotopic (exact) mass is 291 g/mol. The molecule has 5 nitrogen and oxygen atoms in total. The lowest BCUT2D eigenvalue weighted by atomic mass is 9.97. The summed E-state index contributed by atoms with van der Waals surface area (Å²) >= 11 is 0. The molecule has 1 heterocycles. The molecule has 1 fully saturated rings. The molecule has 2 rings (SSSR count). The van der Waals surface area contributed by atoms with Gasteiger partial charge in [0.15, 0.2) is 0 Å². The Kier molecular flexibility index (Phi) is 5.60. The van der Waals surface area contributed by atoms with E-state index >= 15 is 0 Å². The van der Waals surface area contributed by atoms with Crippen LogP contribution in [-0.4, -0.2) is 43.6 Å². The third-order valence-corrected chi connectivity index (χ3v) is 3.71. The molecule has 21 heavy (non-hydrogen) atoms. The molecule has 0 radical (unpaired) electrons. The third kappa shape index (κ3) is 4.48. The van der Waals surface area contributed by atoms with Gasteiger partial charge >= 0.3 is 5.97 Å². The van der Waals surface area contributed by atoms with Gasteiger partial charge in [-0.3, -0.25) is 9.59 Å². The summed E-state index contributed by atoms with van der Waals surface area (Å²) in [5.41, 5.74) is 0. The minimum atomic E-state index is -0.172. The lowest BCUT2D eigenvalue weighted by Crippen LogP contribution is -2.40. The zero-order valence-electron chi connectivity index (χ0n) is 12.3. The number of benzene rings is 1. The first kappa shape index (κ1) is 15.4. The average Bonchev–Trinajstić information content (AvgIpc) is 2.55. The van der Waals surface area contributed by atoms with Crippen LogP contribution in [0.15, 0.2) is 30.3 Å². The van der Waals surface area contributed by atoms with E-state index in [1.165, 1.54) is 7.11 Å². The van der Waals surface area contributed by atoms with Gasteiger partial charge in [-0.1, -0.05) is 18.2 Å². The van der Waals surface area contributed by atoms with Gasteiger partial charge in [0.05, 0.1) is 26.1 Å². The lowest BCUT2D eigenvalue weighted by molar-refractivity contribution is -0.149. The number of methoxy groups -OCH3 is 1. The molecule has 0 bridgehead atoms. The number of esters is 1. The van der Waals surface area contributed by atoms with Gasteiger partial charge in [-0.15, -0.1) is 0 Å². The van der Waals surface area contributed by atoms with Gasteiger partial charge in [0, 0.05) is 13.1 Å². The molecule has 114 valence electrons. The van der Waals surface area contributed by atoms with E-state index in [1.807, 2.05) is 30.3 Å². The van der Waals surface area contributed by atoms with Crippen LogP contribution in [0.3, 0.4) is 0 Å². The summed E-state index contributed by atoms with van der Waals surface area (Å²) in [4.78, 5) is 25.3. The maximum Gasteiger partial charge on any atom is 0.308 e. The van der Waals surface area contributed by atoms with Crippen LogP contribution >= 0.6 is 0 Å². The molecule has 1 aliphatic heterocycles. The van der Waals surface area contributed by atoms with Gasteiger partial charge in [0.25, 0.3) is 0 Å². The molecule has 0 spiro atoms. The van der Waals surface area contributed by atoms with Gasteiger partial charge < -0.3 is 14.4 Å². The Labute approximate surface area is 124 Å². The highest BCUT2D eigenvalue weighted by Crippen LogP contribution is 2.19. The van der Waals surface area contributed by atoms with E-state index in [4.69, 9.17) is 9.47 Å². The van der Waals surface area contributed by atoms with E-state index in [0.717, 1.165) is 5.75 Å². The summed E-state index contributed by atoms with van der Waals surface area (Å²) in [5.74, 6) is 0.609. The Bertz CT molecular complexity index is 466. The molecule has 1 aromatic rings. The fourth-order valence-corrected chi connectivity index (χ4v) is 2.46. The highest BCUT2D eigenvalue weighted by Gasteiger charge is 2.27. The molecule has 0 unspecified atom stereocenters. The number of amides is 1. The fraction of sp³-hybridized carbons (Fsp3) is 0.500. The van der Waals surface area contributed by atoms with Gasteiger partial charge in [-0.25, -0.2) is 0 Å². The van der Waals surface area contributed by atoms with Crippen molar-refractivity contribution < 1.29 is 19.1 Å². The number of carbonyl (C=O) groups is 2. The number of ether oxygens (including phenoxy) is 2. The molecule has 0 N–H and O–H groups in total. The summed E-state index contributed by atoms with van der Waals surface area (Å²) in [6, 6.07) is 9.45. The molecule has 0 aliphatic carbocycles. The Morgan fingerprint density at radius 2 is 1.86 bits per heavy atom. The van der Waals surface area contributed by atoms with Gasteiger partial charge in [-0.05, 0) is 25.0 Å². The van der Waals surface area contributed by atoms with E-state index in [9.17, 15) is 9.59 Å². The summed E-state index contributed by atoms with van der Waals surface area (Å²) in [5, 5.41) is 0. The smallest absolute Gasteiger partial charge is 0.308 e. The van der Waals surface area contributed by atoms with Crippen LogP contribution in [0.2, 0.25) is 0 Å². The number of hydrogen-bond acceptors (Lipinski definition) is 4. The minimum Gasteiger partial charge on any atom is -0.493 e. The van der Waals surface area contributed by atoms with E-state index < -0.39 is 0 Å². The normalized spacial score (nSPS) is 15.6. The second kappa shape index (κ2) is 7.67. The molecule has 1 aromatic carbocycles. The molecular formula is C16H21NO4. The van der Waals surface area contributed by atoms with Crippen molar-refractivity contribution in [3.63, 3.8) is 0 Å². The first-order valence-electron chi connectivity index (χ1n) is 7.24. The standard InChI is InChI=1S/C16H21NO4/c1-20-16(19)13-7-10-17(11-8-13)15(18)9-12-21-14-5-3-2-4-6-14/h2-6,13H,7-12H2,1H3. The molecule has 0 aromatic heterocycles. The number of hydrogen-bond donors (Lipinski definition) is 0. The molecule has 5 heteroatoms. The highest BCUT2D eigenvalue weighted by molar-refractivity contribution is 5.77. The zero-order valence-corrected chi connectivity index (χ0v) is 12.3. The molecule has 0 saturated carbocycles. The van der Waals surface area contributed by atoms with Crippen LogP contribution in [0.25, 0.3) is 0 Å². The van der Waals surface area contributed by atoms with Crippen molar-refractivity contribution in [2.45, 2.75) is 19.3 Å². The summed E-state index contributed by atoms with van der Waals surface area (Å²) in [6.07, 6.45) is 1.72. The fourth-order valence-electron chi connectivity index (χ4n) is 2.46. The van der Waals surface area contributed by atoms with Crippen molar-refractivity contribution in [3.8, 4) is 5.75 Å². The maximum atomic E-state index is 12.1. The maximum absolute atomic E-state index is 12.1. The number of piperidine rings is 1. The van der Waals surface area contributed by atoms with Gasteiger partial charge in [0.1, 0.15) is 5.75 Å². The molecule has 1 saturated heterocycles. The SMILES string of the molecule is COC(=O)C1CCN(C(=O)CCOc2ccccc2)CC1. The van der Waals surface area contributed by atoms with E-state index in [2.05, 4.69) is 0 Å². The zero-order chi connectivity index (χ0) is 15.1. The Hall–Kier alpha value is -2.04. The second-order valence-corrected chi connectivity index (χ2v) is 5.09. The van der Waals surface area contributed by atoms with Crippen molar-refractivity contribution >= 4 is 11.9 Å². The van der Waals surface area contributed by atoms with Gasteiger partial charge in [0.2, 0.25) is 5.91 Å². The van der Waals surface area contributed by atoms with Crippen LogP contribution in [0, 0.1) is 5.92 Å². The van der Waals surface area contributed by atoms with E-state index in [0.29, 0.717) is 39.0 Å². The third-order valence-electron chi connectivity index (χ3n) is 3.71. The lowest BCUT2D eigenvalue weighted by Gasteiger charge is -2.30. The summed E-state index contributed by atoms with van der Waals surface area (Å²) in [6.45, 7) is 1.60. The molecule has 0 atom stereocenters. The molecule has 1 amide bonds. The van der Waals surface area contributed by atoms with Crippen LogP contribution in [-0.2, 0) is 14.3 Å². The van der Waals surface area contributed by atoms with Crippen molar-refractivity contribution in [1.29, 1.82) is 0 Å². The minimum absolute atomic E-state index is 0.0698. The van der Waals surface area contributed by atoms with Crippen LogP contribution < -0.4 is 4.74 Å². The number of carbonyl (C=O) groups excluding carboxylic acids is 2. The number of likely N-dealkylation sites (tertiary alicyclic amines) is 1. The Balaban J connectivity index is 1.69. The molecular weight excluding hydrogens is 270 g/mol. The summed E-state index contributed by atoms with van der Waals surface area (Å²) < 4.78 is 10.3. The van der Waals surface area contributed by atoms with Crippen LogP contribution in [0.4, 0.5) is 0 Å². The topological polar surface area (TPSA) is 55.8 Å². The highest BCUT2D eigenvalue weighted by atomic mass is 16.5. The van der Waals surface area contributed by atoms with Crippen molar-refractivity contribution in [2.24, 2.45) is 5.92 Å². The number of para-hydroxylation sites is 1. The Morgan fingerprint density at radius 1 is 1.19 bits per heavy atom. The predicted octanol–water partition coefficient (Wildman–Crippen LogP) is 1.87. The second-order valence-electron chi connectivity index (χ2n) is 5.09. The average molecular weight is 291 g/mol. The van der Waals surface area contributed by atoms with Crippen molar-refractivity contribution in [3.05, 3.63) is 30.3 Å². The number of nitrogens with zero attached hydrogens (tertiary/aromatic N) is 1. The largest absolute Gasteiger partial charge is 0.493 e. The van der Waals surface area contributed by atoms with E-state index in [1.54, 1.807) is 4.90 Å². The first-order chi connectivity index (χ1) is 10.2. The van der Waals surface area contributed by atoms with Crippen molar-refractivity contribution in [1.82, 2.24) is 4.90 Å². The predicted molar refractivity (Wildman–Crippen MR) is 77.9 cm³/mol. The van der Waals surface area contributed by atoms with E-state index in [-0.39, 0.29) is 17.8 Å². The Morgan fingerprint density at radius 3 is 2.48 bits per heavy atom. The van der Waals surface area contributed by atoms with Crippen molar-refractivity contribution in [2.75, 3.05) is 26.8 Å². The van der Waals surface area contributed by atoms with Crippen LogP contribution in [0.1, 0.15) is 19.3 Å².